The van der Waals surface area contributed by atoms with Crippen molar-refractivity contribution in [2.45, 2.75) is 50.8 Å². The number of amidine groups is 1. The molecule has 2 rings (SSSR count). The molecule has 0 aromatic heterocycles. The first-order valence-corrected chi connectivity index (χ1v) is 8.64. The Balaban J connectivity index is 1.88. The summed E-state index contributed by atoms with van der Waals surface area (Å²) in [6, 6.07) is 0.624. The van der Waals surface area contributed by atoms with Gasteiger partial charge in [0, 0.05) is 16.5 Å². The number of nitrogens with zero attached hydrogens (tertiary/aromatic N) is 1. The summed E-state index contributed by atoms with van der Waals surface area (Å²) in [5.41, 5.74) is 0. The third-order valence-electron chi connectivity index (χ3n) is 3.64. The molecule has 2 atom stereocenters. The highest BCUT2D eigenvalue weighted by Crippen LogP contribution is 2.38. The molecule has 0 saturated carbocycles. The van der Waals surface area contributed by atoms with Gasteiger partial charge in [0.25, 0.3) is 0 Å². The van der Waals surface area contributed by atoms with Gasteiger partial charge >= 0.3 is 0 Å². The van der Waals surface area contributed by atoms with Crippen LogP contribution in [-0.2, 0) is 0 Å². The van der Waals surface area contributed by atoms with Gasteiger partial charge in [-0.3, -0.25) is 4.99 Å². The van der Waals surface area contributed by atoms with Crippen LogP contribution in [0.1, 0.15) is 40.0 Å². The van der Waals surface area contributed by atoms with E-state index in [1.54, 1.807) is 0 Å². The average Bonchev–Trinajstić information content (AvgIpc) is 2.75. The minimum atomic E-state index is 0.403. The number of hydrogen-bond donors (Lipinski definition) is 1. The second-order valence-corrected chi connectivity index (χ2v) is 8.42. The maximum atomic E-state index is 4.82. The zero-order valence-electron chi connectivity index (χ0n) is 11.2. The Kier molecular flexibility index (Phi) is 4.70. The van der Waals surface area contributed by atoms with Crippen molar-refractivity contribution in [3.8, 4) is 0 Å². The van der Waals surface area contributed by atoms with Gasteiger partial charge in [0.2, 0.25) is 0 Å². The fourth-order valence-electron chi connectivity index (χ4n) is 2.35. The normalized spacial score (nSPS) is 36.5. The molecule has 1 N–H and O–H groups in total. The Hall–Kier alpha value is 0.170. The Morgan fingerprint density at radius 3 is 2.94 bits per heavy atom. The maximum absolute atomic E-state index is 4.82. The molecule has 0 aliphatic carbocycles. The molecular weight excluding hydrogens is 248 g/mol. The van der Waals surface area contributed by atoms with Crippen molar-refractivity contribution in [3.05, 3.63) is 0 Å². The van der Waals surface area contributed by atoms with E-state index in [2.05, 4.69) is 37.8 Å². The van der Waals surface area contributed by atoms with Crippen molar-refractivity contribution in [3.63, 3.8) is 0 Å². The van der Waals surface area contributed by atoms with Gasteiger partial charge in [-0.2, -0.15) is 11.8 Å². The van der Waals surface area contributed by atoms with Crippen LogP contribution in [0, 0.1) is 5.92 Å². The van der Waals surface area contributed by atoms with Gasteiger partial charge in [-0.05, 0) is 37.9 Å². The highest BCUT2D eigenvalue weighted by molar-refractivity contribution is 8.13. The van der Waals surface area contributed by atoms with Crippen LogP contribution in [0.2, 0.25) is 0 Å². The molecule has 0 aromatic rings. The van der Waals surface area contributed by atoms with Gasteiger partial charge in [-0.1, -0.05) is 25.6 Å². The Morgan fingerprint density at radius 2 is 2.29 bits per heavy atom. The number of thioether (sulfide) groups is 2. The minimum Gasteiger partial charge on any atom is -0.362 e. The first-order valence-electron chi connectivity index (χ1n) is 6.67. The van der Waals surface area contributed by atoms with E-state index in [1.807, 2.05) is 11.8 Å². The van der Waals surface area contributed by atoms with Gasteiger partial charge in [0.15, 0.2) is 5.17 Å². The zero-order chi connectivity index (χ0) is 12.3. The topological polar surface area (TPSA) is 24.4 Å². The Labute approximate surface area is 114 Å². The first kappa shape index (κ1) is 13.6. The van der Waals surface area contributed by atoms with Crippen molar-refractivity contribution >= 4 is 28.7 Å². The second-order valence-electron chi connectivity index (χ2n) is 5.66. The fraction of sp³-hybridized carbons (Fsp3) is 0.923. The summed E-state index contributed by atoms with van der Waals surface area (Å²) in [6.45, 7) is 7.93. The first-order chi connectivity index (χ1) is 8.09. The van der Waals surface area contributed by atoms with Crippen molar-refractivity contribution in [1.82, 2.24) is 5.32 Å². The largest absolute Gasteiger partial charge is 0.362 e. The minimum absolute atomic E-state index is 0.403. The van der Waals surface area contributed by atoms with E-state index in [0.717, 1.165) is 6.54 Å². The molecule has 2 heterocycles. The van der Waals surface area contributed by atoms with Crippen molar-refractivity contribution in [2.24, 2.45) is 10.9 Å². The number of rotatable bonds is 3. The monoisotopic (exact) mass is 272 g/mol. The molecule has 17 heavy (non-hydrogen) atoms. The molecule has 0 aromatic carbocycles. The van der Waals surface area contributed by atoms with Crippen molar-refractivity contribution in [1.29, 1.82) is 0 Å². The number of nitrogens with one attached hydrogen (secondary N) is 1. The lowest BCUT2D eigenvalue weighted by Gasteiger charge is -2.29. The lowest BCUT2D eigenvalue weighted by molar-refractivity contribution is 0.442. The fourth-order valence-corrected chi connectivity index (χ4v) is 4.53. The van der Waals surface area contributed by atoms with E-state index >= 15 is 0 Å². The summed E-state index contributed by atoms with van der Waals surface area (Å²) in [5, 5.41) is 4.78. The summed E-state index contributed by atoms with van der Waals surface area (Å²) in [5.74, 6) is 3.24. The molecule has 2 aliphatic rings. The molecule has 0 radical (unpaired) electrons. The Morgan fingerprint density at radius 1 is 1.47 bits per heavy atom. The van der Waals surface area contributed by atoms with Gasteiger partial charge in [-0.25, -0.2) is 0 Å². The van der Waals surface area contributed by atoms with E-state index in [4.69, 9.17) is 4.99 Å². The average molecular weight is 272 g/mol. The maximum Gasteiger partial charge on any atom is 0.156 e. The van der Waals surface area contributed by atoms with Crippen LogP contribution < -0.4 is 5.32 Å². The van der Waals surface area contributed by atoms with E-state index in [1.165, 1.54) is 35.9 Å². The summed E-state index contributed by atoms with van der Waals surface area (Å²) in [7, 11) is 0. The summed E-state index contributed by atoms with van der Waals surface area (Å²) < 4.78 is 0.403. The van der Waals surface area contributed by atoms with Crippen LogP contribution >= 0.6 is 23.5 Å². The van der Waals surface area contributed by atoms with Crippen LogP contribution in [0.15, 0.2) is 4.99 Å². The summed E-state index contributed by atoms with van der Waals surface area (Å²) >= 11 is 3.99. The van der Waals surface area contributed by atoms with Crippen LogP contribution in [0.4, 0.5) is 0 Å². The van der Waals surface area contributed by atoms with Gasteiger partial charge < -0.3 is 5.32 Å². The lowest BCUT2D eigenvalue weighted by atomic mass is 10.0. The lowest BCUT2D eigenvalue weighted by Crippen LogP contribution is -2.41. The predicted octanol–water partition coefficient (Wildman–Crippen LogP) is 3.38. The van der Waals surface area contributed by atoms with Crippen LogP contribution in [0.25, 0.3) is 0 Å². The molecule has 2 nitrogen and oxygen atoms in total. The van der Waals surface area contributed by atoms with Gasteiger partial charge in [-0.15, -0.1) is 0 Å². The van der Waals surface area contributed by atoms with Crippen LogP contribution in [0.3, 0.4) is 0 Å². The molecule has 2 saturated heterocycles. The molecule has 0 bridgehead atoms. The highest BCUT2D eigenvalue weighted by atomic mass is 32.2. The van der Waals surface area contributed by atoms with E-state index in [9.17, 15) is 0 Å². The Bertz CT molecular complexity index is 283. The third-order valence-corrected chi connectivity index (χ3v) is 6.12. The zero-order valence-corrected chi connectivity index (χ0v) is 12.8. The second kappa shape index (κ2) is 5.87. The van der Waals surface area contributed by atoms with Crippen molar-refractivity contribution in [2.75, 3.05) is 18.1 Å². The standard InChI is InChI=1S/C13H24N2S2/c1-10(2)11-5-8-16-12(15-11)14-9-13(3)6-4-7-17-13/h10-11H,4-9H2,1-3H3,(H,14,15). The molecule has 0 amide bonds. The summed E-state index contributed by atoms with van der Waals surface area (Å²) in [4.78, 5) is 4.82. The quantitative estimate of drug-likeness (QED) is 0.852. The highest BCUT2D eigenvalue weighted by Gasteiger charge is 2.29. The van der Waals surface area contributed by atoms with E-state index < -0.39 is 0 Å². The van der Waals surface area contributed by atoms with Crippen LogP contribution in [0.5, 0.6) is 0 Å². The van der Waals surface area contributed by atoms with E-state index in [-0.39, 0.29) is 0 Å². The molecular formula is C13H24N2S2. The number of hydrogen-bond acceptors (Lipinski definition) is 3. The van der Waals surface area contributed by atoms with Gasteiger partial charge in [0.05, 0.1) is 6.54 Å². The predicted molar refractivity (Wildman–Crippen MR) is 81.2 cm³/mol. The van der Waals surface area contributed by atoms with E-state index in [0.29, 0.717) is 16.7 Å². The molecule has 2 fully saturated rings. The van der Waals surface area contributed by atoms with Gasteiger partial charge in [0.1, 0.15) is 0 Å². The molecule has 4 heteroatoms. The molecule has 2 unspecified atom stereocenters. The SMILES string of the molecule is CC(C)C1CCSC(=NCC2(C)CCCS2)N1. The third kappa shape index (κ3) is 3.82. The smallest absolute Gasteiger partial charge is 0.156 e. The molecule has 0 spiro atoms. The molecule has 98 valence electrons. The number of aliphatic imine (C=N–C) groups is 1. The van der Waals surface area contributed by atoms with Crippen molar-refractivity contribution < 1.29 is 0 Å². The summed E-state index contributed by atoms with van der Waals surface area (Å²) in [6.07, 6.45) is 3.96. The molecule has 2 aliphatic heterocycles. The van der Waals surface area contributed by atoms with Crippen LogP contribution in [-0.4, -0.2) is 34.0 Å².